The normalized spacial score (nSPS) is 11.4. The first-order valence-electron chi connectivity index (χ1n) is 4.86. The van der Waals surface area contributed by atoms with Crippen LogP contribution in [0.4, 0.5) is 14.6 Å². The van der Waals surface area contributed by atoms with Gasteiger partial charge >= 0.3 is 0 Å². The quantitative estimate of drug-likeness (QED) is 0.791. The third-order valence-corrected chi connectivity index (χ3v) is 2.71. The zero-order chi connectivity index (χ0) is 12.6. The van der Waals surface area contributed by atoms with E-state index < -0.39 is 13.0 Å². The van der Waals surface area contributed by atoms with E-state index in [1.807, 2.05) is 0 Å². The molecule has 2 aromatic rings. The smallest absolute Gasteiger partial charge is 0.255 e. The van der Waals surface area contributed by atoms with Gasteiger partial charge in [0.15, 0.2) is 0 Å². The van der Waals surface area contributed by atoms with Gasteiger partial charge in [-0.15, -0.1) is 0 Å². The van der Waals surface area contributed by atoms with Crippen LogP contribution in [0.1, 0.15) is 5.56 Å². The Morgan fingerprint density at radius 2 is 2.24 bits per heavy atom. The van der Waals surface area contributed by atoms with E-state index >= 15 is 0 Å². The zero-order valence-corrected chi connectivity index (χ0v) is 9.99. The standard InChI is InChI=1S/C9H10ClF2N5/c1-5-7(10)15-9-13-4-14-17(9)8(5)16(2)3-6(11)12/h4,6H,3H2,1-2H3. The lowest BCUT2D eigenvalue weighted by Crippen LogP contribution is -2.27. The second kappa shape index (κ2) is 4.40. The van der Waals surface area contributed by atoms with Gasteiger partial charge in [0, 0.05) is 12.6 Å². The SMILES string of the molecule is Cc1c(Cl)nc2ncnn2c1N(C)CC(F)F. The van der Waals surface area contributed by atoms with E-state index in [1.165, 1.54) is 15.7 Å². The van der Waals surface area contributed by atoms with Gasteiger partial charge in [-0.05, 0) is 6.92 Å². The molecule has 92 valence electrons. The number of anilines is 1. The fourth-order valence-electron chi connectivity index (χ4n) is 1.63. The summed E-state index contributed by atoms with van der Waals surface area (Å²) in [6, 6.07) is 0. The first-order chi connectivity index (χ1) is 8.00. The molecule has 2 aromatic heterocycles. The summed E-state index contributed by atoms with van der Waals surface area (Å²) in [5, 5.41) is 4.18. The third-order valence-electron chi connectivity index (χ3n) is 2.35. The van der Waals surface area contributed by atoms with Crippen LogP contribution in [0.15, 0.2) is 6.33 Å². The van der Waals surface area contributed by atoms with Gasteiger partial charge in [0.05, 0.1) is 6.54 Å². The highest BCUT2D eigenvalue weighted by molar-refractivity contribution is 6.30. The second-order valence-electron chi connectivity index (χ2n) is 3.59. The van der Waals surface area contributed by atoms with Crippen LogP contribution < -0.4 is 4.90 Å². The van der Waals surface area contributed by atoms with Gasteiger partial charge < -0.3 is 4.90 Å². The van der Waals surface area contributed by atoms with Gasteiger partial charge in [0.25, 0.3) is 12.2 Å². The minimum Gasteiger partial charge on any atom is -0.353 e. The Balaban J connectivity index is 2.57. The Labute approximate surface area is 101 Å². The first-order valence-corrected chi connectivity index (χ1v) is 5.23. The summed E-state index contributed by atoms with van der Waals surface area (Å²) in [5.74, 6) is 0.759. The Kier molecular flexibility index (Phi) is 3.10. The van der Waals surface area contributed by atoms with Crippen molar-refractivity contribution in [2.24, 2.45) is 0 Å². The molecule has 5 nitrogen and oxygen atoms in total. The number of rotatable bonds is 3. The van der Waals surface area contributed by atoms with E-state index in [-0.39, 0.29) is 10.9 Å². The fraction of sp³-hybridized carbons (Fsp3) is 0.444. The Hall–Kier alpha value is -1.50. The summed E-state index contributed by atoms with van der Waals surface area (Å²) in [4.78, 5) is 9.27. The van der Waals surface area contributed by atoms with E-state index in [9.17, 15) is 8.78 Å². The zero-order valence-electron chi connectivity index (χ0n) is 9.23. The third kappa shape index (κ3) is 2.14. The highest BCUT2D eigenvalue weighted by Gasteiger charge is 2.18. The molecule has 0 amide bonds. The van der Waals surface area contributed by atoms with Crippen molar-refractivity contribution in [3.63, 3.8) is 0 Å². The summed E-state index contributed by atoms with van der Waals surface area (Å²) >= 11 is 5.92. The molecule has 0 bridgehead atoms. The van der Waals surface area contributed by atoms with Crippen molar-refractivity contribution in [3.8, 4) is 0 Å². The van der Waals surface area contributed by atoms with E-state index in [4.69, 9.17) is 11.6 Å². The topological polar surface area (TPSA) is 46.3 Å². The second-order valence-corrected chi connectivity index (χ2v) is 3.95. The molecule has 17 heavy (non-hydrogen) atoms. The lowest BCUT2D eigenvalue weighted by molar-refractivity contribution is 0.156. The van der Waals surface area contributed by atoms with Crippen molar-refractivity contribution >= 4 is 23.2 Å². The van der Waals surface area contributed by atoms with Crippen molar-refractivity contribution in [2.75, 3.05) is 18.5 Å². The van der Waals surface area contributed by atoms with Crippen LogP contribution in [0.25, 0.3) is 5.78 Å². The first kappa shape index (κ1) is 12.0. The van der Waals surface area contributed by atoms with Gasteiger partial charge in [0.1, 0.15) is 17.3 Å². The van der Waals surface area contributed by atoms with E-state index in [1.54, 1.807) is 14.0 Å². The number of hydrogen-bond acceptors (Lipinski definition) is 4. The van der Waals surface area contributed by atoms with Crippen LogP contribution in [0.2, 0.25) is 5.15 Å². The largest absolute Gasteiger partial charge is 0.353 e. The van der Waals surface area contributed by atoms with Crippen molar-refractivity contribution in [1.29, 1.82) is 0 Å². The summed E-state index contributed by atoms with van der Waals surface area (Å²) < 4.78 is 26.2. The number of halogens is 3. The van der Waals surface area contributed by atoms with Gasteiger partial charge in [0.2, 0.25) is 0 Å². The van der Waals surface area contributed by atoms with Crippen LogP contribution in [0, 0.1) is 6.92 Å². The highest BCUT2D eigenvalue weighted by Crippen LogP contribution is 2.25. The molecule has 2 heterocycles. The minimum absolute atomic E-state index is 0.238. The molecule has 0 atom stereocenters. The molecule has 0 unspecified atom stereocenters. The Morgan fingerprint density at radius 1 is 1.53 bits per heavy atom. The number of hydrogen-bond donors (Lipinski definition) is 0. The molecular formula is C9H10ClF2N5. The lowest BCUT2D eigenvalue weighted by Gasteiger charge is -2.21. The summed E-state index contributed by atoms with van der Waals surface area (Å²) in [6.45, 7) is 1.30. The Morgan fingerprint density at radius 3 is 2.88 bits per heavy atom. The molecule has 0 aliphatic rings. The van der Waals surface area contributed by atoms with Crippen LogP contribution in [-0.2, 0) is 0 Å². The lowest BCUT2D eigenvalue weighted by atomic mass is 10.3. The predicted octanol–water partition coefficient (Wildman–Crippen LogP) is 1.79. The molecule has 8 heteroatoms. The highest BCUT2D eigenvalue weighted by atomic mass is 35.5. The maximum Gasteiger partial charge on any atom is 0.255 e. The molecule has 2 rings (SSSR count). The minimum atomic E-state index is -2.44. The number of aromatic nitrogens is 4. The molecule has 0 saturated heterocycles. The maximum atomic E-state index is 12.4. The van der Waals surface area contributed by atoms with Crippen molar-refractivity contribution < 1.29 is 8.78 Å². The van der Waals surface area contributed by atoms with Gasteiger partial charge in [-0.2, -0.15) is 19.6 Å². The van der Waals surface area contributed by atoms with Crippen LogP contribution in [0.3, 0.4) is 0 Å². The van der Waals surface area contributed by atoms with Crippen molar-refractivity contribution in [3.05, 3.63) is 17.0 Å². The summed E-state index contributed by atoms with van der Waals surface area (Å²) in [5.41, 5.74) is 0.591. The average Bonchev–Trinajstić information content (AvgIpc) is 2.65. The number of fused-ring (bicyclic) bond motifs is 1. The molecule has 0 radical (unpaired) electrons. The van der Waals surface area contributed by atoms with Crippen LogP contribution >= 0.6 is 11.6 Å². The van der Waals surface area contributed by atoms with E-state index in [0.29, 0.717) is 11.4 Å². The predicted molar refractivity (Wildman–Crippen MR) is 59.8 cm³/mol. The summed E-state index contributed by atoms with van der Waals surface area (Å²) in [7, 11) is 1.55. The molecule has 0 saturated carbocycles. The molecule has 0 N–H and O–H groups in total. The molecule has 0 aromatic carbocycles. The molecule has 0 spiro atoms. The van der Waals surface area contributed by atoms with Crippen LogP contribution in [0.5, 0.6) is 0 Å². The monoisotopic (exact) mass is 261 g/mol. The molecule has 0 fully saturated rings. The maximum absolute atomic E-state index is 12.4. The fourth-order valence-corrected chi connectivity index (χ4v) is 1.79. The van der Waals surface area contributed by atoms with Crippen molar-refractivity contribution in [2.45, 2.75) is 13.3 Å². The average molecular weight is 262 g/mol. The van der Waals surface area contributed by atoms with Crippen LogP contribution in [-0.4, -0.2) is 39.6 Å². The van der Waals surface area contributed by atoms with E-state index in [0.717, 1.165) is 0 Å². The van der Waals surface area contributed by atoms with Gasteiger partial charge in [-0.25, -0.2) is 8.78 Å². The van der Waals surface area contributed by atoms with E-state index in [2.05, 4.69) is 15.1 Å². The van der Waals surface area contributed by atoms with Crippen molar-refractivity contribution in [1.82, 2.24) is 19.6 Å². The molecular weight excluding hydrogens is 252 g/mol. The molecule has 0 aliphatic heterocycles. The molecule has 0 aliphatic carbocycles. The number of nitrogens with zero attached hydrogens (tertiary/aromatic N) is 5. The van der Waals surface area contributed by atoms with Gasteiger partial charge in [-0.3, -0.25) is 0 Å². The Bertz CT molecular complexity index is 541. The number of alkyl halides is 2. The summed E-state index contributed by atoms with van der Waals surface area (Å²) in [6.07, 6.45) is -1.14. The van der Waals surface area contributed by atoms with Gasteiger partial charge in [-0.1, -0.05) is 11.6 Å².